The van der Waals surface area contributed by atoms with Crippen molar-refractivity contribution in [2.75, 3.05) is 19.6 Å². The molecule has 2 atom stereocenters. The Morgan fingerprint density at radius 2 is 1.89 bits per heavy atom. The summed E-state index contributed by atoms with van der Waals surface area (Å²) in [5.41, 5.74) is 2.15. The number of fused-ring (bicyclic) bond motifs is 5. The molecule has 6 rings (SSSR count). The quantitative estimate of drug-likeness (QED) is 0.909. The zero-order valence-corrected chi connectivity index (χ0v) is 15.7. The molecule has 0 spiro atoms. The molecule has 0 unspecified atom stereocenters. The van der Waals surface area contributed by atoms with Crippen LogP contribution in [0, 0.1) is 11.8 Å². The Kier molecular flexibility index (Phi) is 4.18. The number of piperidine rings is 1. The van der Waals surface area contributed by atoms with Gasteiger partial charge in [-0.1, -0.05) is 24.6 Å². The summed E-state index contributed by atoms with van der Waals surface area (Å²) in [6, 6.07) is 8.32. The van der Waals surface area contributed by atoms with Crippen molar-refractivity contribution in [2.24, 2.45) is 11.8 Å². The first kappa shape index (κ1) is 16.8. The van der Waals surface area contributed by atoms with Gasteiger partial charge in [0.15, 0.2) is 0 Å². The monoisotopic (exact) mass is 365 g/mol. The topological polar surface area (TPSA) is 56.4 Å². The number of aromatic amines is 1. The number of aromatic nitrogens is 1. The molecule has 2 aromatic rings. The van der Waals surface area contributed by atoms with Gasteiger partial charge in [-0.2, -0.15) is 0 Å². The number of nitrogens with zero attached hydrogens (tertiary/aromatic N) is 2. The highest BCUT2D eigenvalue weighted by molar-refractivity contribution is 5.89. The van der Waals surface area contributed by atoms with E-state index in [0.29, 0.717) is 18.2 Å². The molecule has 142 valence electrons. The van der Waals surface area contributed by atoms with Crippen LogP contribution < -0.4 is 0 Å². The highest BCUT2D eigenvalue weighted by atomic mass is 16.2. The van der Waals surface area contributed by atoms with Gasteiger partial charge in [0.05, 0.1) is 6.42 Å². The SMILES string of the molecule is O=C(C1CCC1)N1C[C@H]2CC[C@@H](C1)N(C(=O)Cc1c[nH]c3ccccc13)C2. The third kappa shape index (κ3) is 3.03. The summed E-state index contributed by atoms with van der Waals surface area (Å²) in [5.74, 6) is 1.22. The highest BCUT2D eigenvalue weighted by Gasteiger charge is 2.40. The molecule has 1 N–H and O–H groups in total. The van der Waals surface area contributed by atoms with E-state index >= 15 is 0 Å². The Labute approximate surface area is 159 Å². The molecule has 0 radical (unpaired) electrons. The van der Waals surface area contributed by atoms with Gasteiger partial charge in [0.25, 0.3) is 0 Å². The summed E-state index contributed by atoms with van der Waals surface area (Å²) in [4.78, 5) is 33.3. The number of carbonyl (C=O) groups is 2. The first-order valence-electron chi connectivity index (χ1n) is 10.3. The van der Waals surface area contributed by atoms with E-state index in [0.717, 1.165) is 61.8 Å². The van der Waals surface area contributed by atoms with Gasteiger partial charge in [0.2, 0.25) is 11.8 Å². The fourth-order valence-electron chi connectivity index (χ4n) is 5.02. The molecule has 27 heavy (non-hydrogen) atoms. The molecule has 4 fully saturated rings. The summed E-state index contributed by atoms with van der Waals surface area (Å²) in [6.07, 6.45) is 7.84. The van der Waals surface area contributed by atoms with Gasteiger partial charge in [0, 0.05) is 48.7 Å². The molecule has 3 saturated heterocycles. The van der Waals surface area contributed by atoms with Crippen LogP contribution in [0.4, 0.5) is 0 Å². The highest BCUT2D eigenvalue weighted by Crippen LogP contribution is 2.33. The fourth-order valence-corrected chi connectivity index (χ4v) is 5.02. The maximum atomic E-state index is 13.1. The molecule has 3 aliphatic heterocycles. The standard InChI is InChI=1S/C22H27N3O2/c26-21(10-17-11-23-20-7-2-1-6-19(17)20)25-13-15-8-9-18(25)14-24(12-15)22(27)16-4-3-5-16/h1-2,6-7,11,15-16,18,23H,3-5,8-10,12-14H2/t15-,18+/m1/s1. The number of nitrogens with one attached hydrogen (secondary N) is 1. The molecule has 1 aromatic carbocycles. The van der Waals surface area contributed by atoms with Gasteiger partial charge >= 0.3 is 0 Å². The normalized spacial score (nSPS) is 25.5. The third-order valence-electron chi connectivity index (χ3n) is 6.82. The Hall–Kier alpha value is -2.30. The Balaban J connectivity index is 1.31. The average molecular weight is 365 g/mol. The van der Waals surface area contributed by atoms with Gasteiger partial charge in [-0.3, -0.25) is 9.59 Å². The number of rotatable bonds is 3. The lowest BCUT2D eigenvalue weighted by atomic mass is 9.84. The molecule has 2 bridgehead atoms. The van der Waals surface area contributed by atoms with E-state index in [1.54, 1.807) is 0 Å². The minimum Gasteiger partial charge on any atom is -0.361 e. The number of amides is 2. The van der Waals surface area contributed by atoms with Crippen LogP contribution in [0.15, 0.2) is 30.5 Å². The number of carbonyl (C=O) groups excluding carboxylic acids is 2. The van der Waals surface area contributed by atoms with Gasteiger partial charge < -0.3 is 14.8 Å². The van der Waals surface area contributed by atoms with Crippen molar-refractivity contribution >= 4 is 22.7 Å². The van der Waals surface area contributed by atoms with Crippen LogP contribution in [0.1, 0.15) is 37.7 Å². The first-order chi connectivity index (χ1) is 13.2. The Bertz CT molecular complexity index is 869. The van der Waals surface area contributed by atoms with Crippen molar-refractivity contribution in [2.45, 2.75) is 44.6 Å². The van der Waals surface area contributed by atoms with E-state index in [9.17, 15) is 9.59 Å². The van der Waals surface area contributed by atoms with Crippen LogP contribution in [-0.4, -0.2) is 52.3 Å². The van der Waals surface area contributed by atoms with Gasteiger partial charge in [-0.05, 0) is 43.2 Å². The van der Waals surface area contributed by atoms with E-state index in [4.69, 9.17) is 0 Å². The van der Waals surface area contributed by atoms with E-state index in [2.05, 4.69) is 20.9 Å². The van der Waals surface area contributed by atoms with Crippen molar-refractivity contribution < 1.29 is 9.59 Å². The molecular formula is C22H27N3O2. The number of para-hydroxylation sites is 1. The smallest absolute Gasteiger partial charge is 0.227 e. The lowest BCUT2D eigenvalue weighted by molar-refractivity contribution is -0.139. The zero-order chi connectivity index (χ0) is 18.4. The second-order valence-corrected chi connectivity index (χ2v) is 8.55. The summed E-state index contributed by atoms with van der Waals surface area (Å²) >= 11 is 0. The van der Waals surface area contributed by atoms with Gasteiger partial charge in [-0.25, -0.2) is 0 Å². The molecule has 1 saturated carbocycles. The van der Waals surface area contributed by atoms with Gasteiger partial charge in [-0.15, -0.1) is 0 Å². The first-order valence-corrected chi connectivity index (χ1v) is 10.3. The van der Waals surface area contributed by atoms with Crippen LogP contribution >= 0.6 is 0 Å². The van der Waals surface area contributed by atoms with Gasteiger partial charge in [0.1, 0.15) is 0 Å². The summed E-state index contributed by atoms with van der Waals surface area (Å²) < 4.78 is 0. The Morgan fingerprint density at radius 1 is 1.04 bits per heavy atom. The summed E-state index contributed by atoms with van der Waals surface area (Å²) in [6.45, 7) is 2.37. The molecule has 4 heterocycles. The maximum Gasteiger partial charge on any atom is 0.227 e. The third-order valence-corrected chi connectivity index (χ3v) is 6.82. The van der Waals surface area contributed by atoms with Crippen LogP contribution in [0.5, 0.6) is 0 Å². The van der Waals surface area contributed by atoms with Crippen molar-refractivity contribution in [3.05, 3.63) is 36.0 Å². The molecule has 5 heteroatoms. The van der Waals surface area contributed by atoms with Crippen molar-refractivity contribution in [3.8, 4) is 0 Å². The van der Waals surface area contributed by atoms with Crippen LogP contribution in [0.25, 0.3) is 10.9 Å². The maximum absolute atomic E-state index is 13.1. The molecule has 2 amide bonds. The second-order valence-electron chi connectivity index (χ2n) is 8.55. The number of hydrogen-bond acceptors (Lipinski definition) is 2. The number of H-pyrrole nitrogens is 1. The lowest BCUT2D eigenvalue weighted by Crippen LogP contribution is -2.48. The van der Waals surface area contributed by atoms with Crippen molar-refractivity contribution in [1.82, 2.24) is 14.8 Å². The molecule has 1 aliphatic carbocycles. The van der Waals surface area contributed by atoms with Crippen LogP contribution in [0.3, 0.4) is 0 Å². The fraction of sp³-hybridized carbons (Fsp3) is 0.545. The molecule has 1 aromatic heterocycles. The Morgan fingerprint density at radius 3 is 2.70 bits per heavy atom. The van der Waals surface area contributed by atoms with E-state index in [-0.39, 0.29) is 17.9 Å². The van der Waals surface area contributed by atoms with E-state index < -0.39 is 0 Å². The second kappa shape index (κ2) is 6.70. The largest absolute Gasteiger partial charge is 0.361 e. The molecule has 5 nitrogen and oxygen atoms in total. The predicted molar refractivity (Wildman–Crippen MR) is 104 cm³/mol. The van der Waals surface area contributed by atoms with E-state index in [1.165, 1.54) is 6.42 Å². The van der Waals surface area contributed by atoms with E-state index in [1.807, 2.05) is 24.4 Å². The minimum absolute atomic E-state index is 0.186. The van der Waals surface area contributed by atoms with Crippen molar-refractivity contribution in [1.29, 1.82) is 0 Å². The van der Waals surface area contributed by atoms with Crippen molar-refractivity contribution in [3.63, 3.8) is 0 Å². The number of benzene rings is 1. The number of hydrogen-bond donors (Lipinski definition) is 1. The summed E-state index contributed by atoms with van der Waals surface area (Å²) in [7, 11) is 0. The van der Waals surface area contributed by atoms with Crippen LogP contribution in [-0.2, 0) is 16.0 Å². The zero-order valence-electron chi connectivity index (χ0n) is 15.7. The van der Waals surface area contributed by atoms with Crippen LogP contribution in [0.2, 0.25) is 0 Å². The summed E-state index contributed by atoms with van der Waals surface area (Å²) in [5, 5.41) is 1.13. The molecular weight excluding hydrogens is 338 g/mol. The minimum atomic E-state index is 0.186. The lowest BCUT2D eigenvalue weighted by Gasteiger charge is -2.36. The molecule has 4 aliphatic rings. The predicted octanol–water partition coefficient (Wildman–Crippen LogP) is 2.96. The average Bonchev–Trinajstić information content (AvgIpc) is 2.82.